The fourth-order valence-corrected chi connectivity index (χ4v) is 14.2. The summed E-state index contributed by atoms with van der Waals surface area (Å²) in [6.07, 6.45) is 59.4. The number of carbonyl (C=O) groups is 6. The summed E-state index contributed by atoms with van der Waals surface area (Å²) in [5.41, 5.74) is 3.40. The Labute approximate surface area is 856 Å². The molecule has 51 nitrogen and oxygen atoms in total. The molecule has 0 radical (unpaired) electrons. The molecule has 752 valence electrons. The largest absolute Gasteiger partial charge is 0.508 e. The number of rotatable bonds is 14. The van der Waals surface area contributed by atoms with Crippen molar-refractivity contribution in [3.8, 4) is 97.2 Å². The second-order valence-electron chi connectivity index (χ2n) is 28.9. The zero-order chi connectivity index (χ0) is 105. The Morgan fingerprint density at radius 2 is 0.497 bits per heavy atom. The third-order valence-electron chi connectivity index (χ3n) is 19.4. The molecular weight excluding hydrogens is 2040 g/mol. The van der Waals surface area contributed by atoms with Gasteiger partial charge in [-0.1, -0.05) is 46.4 Å². The number of H-pyrrole nitrogens is 4. The summed E-state index contributed by atoms with van der Waals surface area (Å²) in [6.45, 7) is 0. The third kappa shape index (κ3) is 25.8. The van der Waals surface area contributed by atoms with Crippen LogP contribution in [0.4, 0.5) is 0 Å². The van der Waals surface area contributed by atoms with Gasteiger partial charge in [0.1, 0.15) is 133 Å². The topological polar surface area (TPSA) is 665 Å². The van der Waals surface area contributed by atoms with Crippen LogP contribution in [0, 0.1) is 0 Å². The van der Waals surface area contributed by atoms with Gasteiger partial charge in [0.05, 0.1) is 6.20 Å². The van der Waals surface area contributed by atoms with Gasteiger partial charge in [0.25, 0.3) is 10.1 Å². The summed E-state index contributed by atoms with van der Waals surface area (Å²) in [5.74, 6) is -2.58. The normalized spacial score (nSPS) is 12.4. The molecule has 56 heteroatoms. The Morgan fingerprint density at radius 1 is 0.255 bits per heavy atom. The van der Waals surface area contributed by atoms with Gasteiger partial charge in [0.15, 0.2) is 23.1 Å². The molecule has 17 aromatic heterocycles. The van der Waals surface area contributed by atoms with E-state index in [-0.39, 0.29) is 108 Å². The molecule has 149 heavy (non-hydrogen) atoms. The van der Waals surface area contributed by atoms with Gasteiger partial charge < -0.3 is 40.9 Å². The maximum absolute atomic E-state index is 13.6. The lowest BCUT2D eigenvalue weighted by Gasteiger charge is -2.23. The molecule has 0 saturated heterocycles. The number of hydrogen-bond donors (Lipinski definition) is 13. The lowest BCUT2D eigenvalue weighted by molar-refractivity contribution is -0.114. The van der Waals surface area contributed by atoms with Crippen molar-refractivity contribution in [3.63, 3.8) is 0 Å². The smallest absolute Gasteiger partial charge is 0.297 e. The Balaban J connectivity index is 0.000000135. The van der Waals surface area contributed by atoms with Crippen LogP contribution in [0.2, 0.25) is 0 Å². The summed E-state index contributed by atoms with van der Waals surface area (Å²) in [4.78, 5) is 69.5. The molecule has 0 aliphatic heterocycles. The van der Waals surface area contributed by atoms with Crippen LogP contribution in [0.15, 0.2) is 400 Å². The number of nitrogens with zero attached hydrogens (tertiary/aromatic N) is 30. The highest BCUT2D eigenvalue weighted by molar-refractivity contribution is 7.85. The van der Waals surface area contributed by atoms with Crippen LogP contribution in [0.5, 0.6) is 46.0 Å². The average molecular weight is 2110 g/mol. The lowest BCUT2D eigenvalue weighted by Crippen LogP contribution is -2.31. The van der Waals surface area contributed by atoms with E-state index in [9.17, 15) is 78.0 Å². The first kappa shape index (κ1) is 104. The molecule has 13 N–H and O–H groups in total. The summed E-state index contributed by atoms with van der Waals surface area (Å²) in [7, 11) is -4.05. The first-order valence-electron chi connectivity index (χ1n) is 42.4. The molecule has 0 atom stereocenters. The summed E-state index contributed by atoms with van der Waals surface area (Å²) < 4.78 is 47.4. The number of allylic oxidation sites excluding steroid dienone is 12. The molecule has 0 bridgehead atoms. The van der Waals surface area contributed by atoms with E-state index in [4.69, 9.17) is 51.0 Å². The number of phenols is 8. The van der Waals surface area contributed by atoms with E-state index in [1.807, 2.05) is 18.2 Å². The second kappa shape index (κ2) is 49.7. The van der Waals surface area contributed by atoms with Crippen molar-refractivity contribution >= 4 is 114 Å². The molecule has 3 aliphatic rings. The number of Topliss-reactive ketones (excluding diaryl/α,β-unsaturated/α-hetero) is 4. The van der Waals surface area contributed by atoms with E-state index >= 15 is 0 Å². The fraction of sp³-hybridized carbons (Fsp3) is 0. The van der Waals surface area contributed by atoms with Gasteiger partial charge in [-0.2, -0.15) is 95.1 Å². The number of nitrogens with one attached hydrogen (secondary N) is 4. The predicted molar refractivity (Wildman–Crippen MR) is 531 cm³/mol. The standard InChI is InChI=1S/C18H14N8O2.C18H12N8O2.2C12H10N4O2.C9H8N2O2.C6Cl4O2.C6H4O2.C3H4N2O3S.3C3H4N2/c2*27-17-13(23-9-1-5-19-23)14(24-10-2-6-20-24)18(28)16(26-12-4-8-22-26)15(17)25-11-3-7-21-25;17-9-3-4-10(18)12(16-8-2-6-14-16)11(9)15-7-1-5-13-15;17-11-8-10(16-6-2-4-14-16)12(18)7-9(11)15-5-1-3-13-15;12-7-2-3-9(13)8(6-7)11-5-1-4-10-11;7-1-2(8)6(12)4(10)3(9)5(1)11;7-5-1-2-6(8)4-3-5;6-9(7,8)3-1-4-5-2-3;3*1-2-4-5-3-1/h1-12,27-28H;1-12H;2*1-8,17-18H;1-6,12-13H;;1-4H;1-2H,(H,4,5)(H,6,7,8);3*1-3H,(H,4,5). The summed E-state index contributed by atoms with van der Waals surface area (Å²) in [6, 6.07) is 37.8. The van der Waals surface area contributed by atoms with Crippen molar-refractivity contribution in [2.45, 2.75) is 4.90 Å². The minimum Gasteiger partial charge on any atom is -0.508 e. The van der Waals surface area contributed by atoms with E-state index < -0.39 is 53.4 Å². The average Bonchev–Trinajstić information content (AvgIpc) is 1.67. The number of phenolic OH excluding ortho intramolecular Hbond substituents is 8. The molecule has 21 aromatic rings. The minimum atomic E-state index is -4.05. The van der Waals surface area contributed by atoms with Gasteiger partial charge in [0, 0.05) is 223 Å². The van der Waals surface area contributed by atoms with Crippen LogP contribution in [0.1, 0.15) is 0 Å². The van der Waals surface area contributed by atoms with Crippen LogP contribution in [0.3, 0.4) is 0 Å². The van der Waals surface area contributed by atoms with Crippen molar-refractivity contribution in [2.75, 3.05) is 0 Å². The highest BCUT2D eigenvalue weighted by Crippen LogP contribution is 2.46. The summed E-state index contributed by atoms with van der Waals surface area (Å²) in [5, 5.41) is 157. The molecule has 24 rings (SSSR count). The predicted octanol–water partition coefficient (Wildman–Crippen LogP) is 10.7. The number of aromatic hydroxyl groups is 8. The number of ketones is 6. The Bertz CT molecular complexity index is 7540. The van der Waals surface area contributed by atoms with Crippen molar-refractivity contribution < 1.29 is 82.6 Å². The van der Waals surface area contributed by atoms with Gasteiger partial charge in [-0.25, -0.2) is 60.9 Å². The molecule has 0 unspecified atom stereocenters. The Hall–Kier alpha value is -20.6. The number of benzene rings is 4. The van der Waals surface area contributed by atoms with Crippen LogP contribution in [-0.4, -0.2) is 256 Å². The Morgan fingerprint density at radius 3 is 0.705 bits per heavy atom. The summed E-state index contributed by atoms with van der Waals surface area (Å²) >= 11 is 21.5. The van der Waals surface area contributed by atoms with Crippen LogP contribution >= 0.6 is 46.4 Å². The molecular formula is C93H74Cl4N34O17S. The van der Waals surface area contributed by atoms with Gasteiger partial charge >= 0.3 is 0 Å². The zero-order valence-electron chi connectivity index (χ0n) is 75.8. The molecule has 17 heterocycles. The monoisotopic (exact) mass is 2110 g/mol. The molecule has 0 fully saturated rings. The van der Waals surface area contributed by atoms with Gasteiger partial charge in [-0.05, 0) is 146 Å². The number of carbonyl (C=O) groups excluding carboxylic acids is 6. The number of aromatic amines is 4. The molecule has 0 spiro atoms. The van der Waals surface area contributed by atoms with Crippen molar-refractivity contribution in [2.24, 2.45) is 0 Å². The van der Waals surface area contributed by atoms with E-state index in [1.54, 1.807) is 252 Å². The van der Waals surface area contributed by atoms with Gasteiger partial charge in [-0.15, -0.1) is 0 Å². The van der Waals surface area contributed by atoms with Crippen LogP contribution < -0.4 is 0 Å². The molecule has 0 saturated carbocycles. The molecule has 0 amide bonds. The Kier molecular flexibility index (Phi) is 34.7. The zero-order valence-corrected chi connectivity index (χ0v) is 79.7. The van der Waals surface area contributed by atoms with E-state index in [0.717, 1.165) is 12.4 Å². The number of halogens is 4. The van der Waals surface area contributed by atoms with E-state index in [0.29, 0.717) is 28.4 Å². The maximum atomic E-state index is 13.6. The number of aromatic nitrogens is 34. The highest BCUT2D eigenvalue weighted by atomic mass is 35.5. The minimum absolute atomic E-state index is 0.0157. The maximum Gasteiger partial charge on any atom is 0.297 e. The van der Waals surface area contributed by atoms with E-state index in [1.165, 1.54) is 152 Å². The third-order valence-corrected chi connectivity index (χ3v) is 21.8. The quantitative estimate of drug-likeness (QED) is 0.0273. The molecule has 3 aliphatic carbocycles. The van der Waals surface area contributed by atoms with Gasteiger partial charge in [-0.3, -0.25) is 53.7 Å². The number of hydrogen-bond acceptors (Lipinski definition) is 33. The SMILES string of the molecule is O=C1C(Cl)=C(Cl)C(=O)C(Cl)=C1Cl.O=C1C(n2cccn2)=C(n2cccn2)C(=O)C(n2cccn2)=C1n1cccn1.O=C1C=CC(=O)C=C1.O=S(=O)(O)c1cn[nH]c1.Oc1c(-n2cccn2)c(-n2cccn2)c(O)c(-n2cccn2)c1-n1cccn1.Oc1cc(-n2cccn2)c(O)cc1-n1cccn1.Oc1ccc(O)c(-n2cccn2)c1.Oc1ccc(O)c(-n2cccn2)c1-n1cccn1.c1cn[nH]c1.c1cn[nH]c1.c1cn[nH]c1. The first-order chi connectivity index (χ1) is 72.2. The molecule has 4 aromatic carbocycles. The lowest BCUT2D eigenvalue weighted by atomic mass is 9.99. The van der Waals surface area contributed by atoms with Crippen molar-refractivity contribution in [1.29, 1.82) is 0 Å². The van der Waals surface area contributed by atoms with Crippen LogP contribution in [-0.2, 0) is 38.9 Å². The van der Waals surface area contributed by atoms with Crippen molar-refractivity contribution in [3.05, 3.63) is 395 Å². The second-order valence-corrected chi connectivity index (χ2v) is 31.8. The van der Waals surface area contributed by atoms with Crippen molar-refractivity contribution in [1.82, 2.24) is 168 Å². The fourth-order valence-electron chi connectivity index (χ4n) is 13.0. The van der Waals surface area contributed by atoms with Crippen LogP contribution in [0.25, 0.3) is 74.0 Å². The highest BCUT2D eigenvalue weighted by Gasteiger charge is 2.41. The van der Waals surface area contributed by atoms with E-state index in [2.05, 4.69) is 107 Å². The first-order valence-corrected chi connectivity index (χ1v) is 45.4. The van der Waals surface area contributed by atoms with Gasteiger partial charge in [0.2, 0.25) is 23.1 Å².